The zero-order valence-corrected chi connectivity index (χ0v) is 13.9. The summed E-state index contributed by atoms with van der Waals surface area (Å²) in [5.74, 6) is -0.447. The van der Waals surface area contributed by atoms with Gasteiger partial charge in [0.05, 0.1) is 6.54 Å². The van der Waals surface area contributed by atoms with E-state index >= 15 is 0 Å². The van der Waals surface area contributed by atoms with E-state index in [2.05, 4.69) is 15.5 Å². The van der Waals surface area contributed by atoms with Crippen molar-refractivity contribution in [2.75, 3.05) is 5.32 Å². The van der Waals surface area contributed by atoms with Gasteiger partial charge in [0.2, 0.25) is 0 Å². The fourth-order valence-electron chi connectivity index (χ4n) is 2.35. The minimum atomic E-state index is -2.89. The highest BCUT2D eigenvalue weighted by Gasteiger charge is 2.19. The Hall–Kier alpha value is -2.74. The van der Waals surface area contributed by atoms with Crippen LogP contribution < -0.4 is 5.32 Å². The fraction of sp³-hybridized carbons (Fsp3) is 0.188. The maximum absolute atomic E-state index is 12.8. The molecule has 0 spiro atoms. The smallest absolute Gasteiger partial charge is 0.304 e. The van der Waals surface area contributed by atoms with Gasteiger partial charge in [0.25, 0.3) is 5.91 Å². The molecule has 0 atom stereocenters. The molecule has 0 radical (unpaired) electrons. The maximum Gasteiger partial charge on any atom is 0.333 e. The first-order valence-electron chi connectivity index (χ1n) is 7.36. The number of aryl methyl sites for hydroxylation is 1. The maximum atomic E-state index is 12.8. The minimum Gasteiger partial charge on any atom is -0.304 e. The standard InChI is InChI=1S/C16H14ClF2N5O/c1-10-8-14(21-15(25)13-6-7-20-24(13)16(18)19)22-23(10)9-11-4-2-3-5-12(11)17/h2-8,16H,9H2,1H3,(H,21,22,25). The summed E-state index contributed by atoms with van der Waals surface area (Å²) in [6, 6.07) is 10.2. The molecule has 0 saturated heterocycles. The Bertz CT molecular complexity index is 906. The highest BCUT2D eigenvalue weighted by Crippen LogP contribution is 2.19. The summed E-state index contributed by atoms with van der Waals surface area (Å²) in [7, 11) is 0. The zero-order chi connectivity index (χ0) is 18.0. The Kier molecular flexibility index (Phi) is 4.80. The van der Waals surface area contributed by atoms with Crippen LogP contribution in [0.3, 0.4) is 0 Å². The molecule has 0 saturated carbocycles. The third kappa shape index (κ3) is 3.69. The van der Waals surface area contributed by atoms with Crippen molar-refractivity contribution in [3.63, 3.8) is 0 Å². The van der Waals surface area contributed by atoms with Gasteiger partial charge in [0.15, 0.2) is 5.82 Å². The van der Waals surface area contributed by atoms with Crippen LogP contribution >= 0.6 is 11.6 Å². The van der Waals surface area contributed by atoms with Crippen LogP contribution in [0.4, 0.5) is 14.6 Å². The zero-order valence-electron chi connectivity index (χ0n) is 13.2. The second-order valence-corrected chi connectivity index (χ2v) is 5.72. The molecular formula is C16H14ClF2N5O. The lowest BCUT2D eigenvalue weighted by molar-refractivity contribution is 0.0520. The molecule has 0 bridgehead atoms. The first kappa shape index (κ1) is 17.1. The normalized spacial score (nSPS) is 11.1. The Morgan fingerprint density at radius 2 is 2.08 bits per heavy atom. The van der Waals surface area contributed by atoms with E-state index in [-0.39, 0.29) is 11.5 Å². The summed E-state index contributed by atoms with van der Waals surface area (Å²) in [5.41, 5.74) is 1.43. The average Bonchev–Trinajstić information content (AvgIpc) is 3.17. The van der Waals surface area contributed by atoms with E-state index in [1.165, 1.54) is 6.07 Å². The monoisotopic (exact) mass is 365 g/mol. The molecule has 1 N–H and O–H groups in total. The number of nitrogens with zero attached hydrogens (tertiary/aromatic N) is 4. The molecule has 3 rings (SSSR count). The molecule has 1 aromatic carbocycles. The summed E-state index contributed by atoms with van der Waals surface area (Å²) in [5, 5.41) is 10.8. The molecule has 0 aliphatic heterocycles. The van der Waals surface area contributed by atoms with Crippen LogP contribution in [0.25, 0.3) is 0 Å². The van der Waals surface area contributed by atoms with Crippen molar-refractivity contribution in [1.82, 2.24) is 19.6 Å². The molecule has 0 aliphatic rings. The summed E-state index contributed by atoms with van der Waals surface area (Å²) in [6.45, 7) is -0.644. The van der Waals surface area contributed by atoms with Crippen molar-refractivity contribution in [2.24, 2.45) is 0 Å². The predicted octanol–water partition coefficient (Wildman–Crippen LogP) is 3.74. The number of anilines is 1. The highest BCUT2D eigenvalue weighted by molar-refractivity contribution is 6.31. The second-order valence-electron chi connectivity index (χ2n) is 5.31. The van der Waals surface area contributed by atoms with Gasteiger partial charge in [-0.15, -0.1) is 0 Å². The SMILES string of the molecule is Cc1cc(NC(=O)c2ccnn2C(F)F)nn1Cc1ccccc1Cl. The molecular weight excluding hydrogens is 352 g/mol. The number of alkyl halides is 2. The summed E-state index contributed by atoms with van der Waals surface area (Å²) in [4.78, 5) is 12.2. The number of hydrogen-bond acceptors (Lipinski definition) is 3. The number of nitrogens with one attached hydrogen (secondary N) is 1. The van der Waals surface area contributed by atoms with Gasteiger partial charge in [-0.1, -0.05) is 29.8 Å². The largest absolute Gasteiger partial charge is 0.333 e. The van der Waals surface area contributed by atoms with Crippen molar-refractivity contribution < 1.29 is 13.6 Å². The number of halogens is 3. The highest BCUT2D eigenvalue weighted by atomic mass is 35.5. The molecule has 0 fully saturated rings. The van der Waals surface area contributed by atoms with Crippen LogP contribution in [0.1, 0.15) is 28.3 Å². The quantitative estimate of drug-likeness (QED) is 0.749. The summed E-state index contributed by atoms with van der Waals surface area (Å²) in [6.07, 6.45) is 1.14. The number of amides is 1. The first-order chi connectivity index (χ1) is 12.0. The molecule has 0 unspecified atom stereocenters. The minimum absolute atomic E-state index is 0.242. The number of rotatable bonds is 5. The van der Waals surface area contributed by atoms with Gasteiger partial charge in [0.1, 0.15) is 5.69 Å². The number of carbonyl (C=O) groups excluding carboxylic acids is 1. The third-order valence-corrected chi connectivity index (χ3v) is 3.96. The number of benzene rings is 1. The lowest BCUT2D eigenvalue weighted by atomic mass is 10.2. The van der Waals surface area contributed by atoms with E-state index in [9.17, 15) is 13.6 Å². The van der Waals surface area contributed by atoms with E-state index in [0.717, 1.165) is 17.5 Å². The molecule has 1 amide bonds. The van der Waals surface area contributed by atoms with Crippen molar-refractivity contribution in [3.05, 3.63) is 64.6 Å². The number of hydrogen-bond donors (Lipinski definition) is 1. The molecule has 25 heavy (non-hydrogen) atoms. The van der Waals surface area contributed by atoms with Crippen LogP contribution in [-0.2, 0) is 6.54 Å². The number of carbonyl (C=O) groups is 1. The van der Waals surface area contributed by atoms with E-state index < -0.39 is 12.5 Å². The van der Waals surface area contributed by atoms with Crippen molar-refractivity contribution in [1.29, 1.82) is 0 Å². The molecule has 0 aliphatic carbocycles. The van der Waals surface area contributed by atoms with Gasteiger partial charge in [-0.05, 0) is 24.6 Å². The molecule has 9 heteroatoms. The van der Waals surface area contributed by atoms with Crippen LogP contribution in [0.5, 0.6) is 0 Å². The Morgan fingerprint density at radius 1 is 1.32 bits per heavy atom. The average molecular weight is 366 g/mol. The molecule has 3 aromatic rings. The molecule has 6 nitrogen and oxygen atoms in total. The Morgan fingerprint density at radius 3 is 2.80 bits per heavy atom. The summed E-state index contributed by atoms with van der Waals surface area (Å²) >= 11 is 6.14. The molecule has 130 valence electrons. The third-order valence-electron chi connectivity index (χ3n) is 3.59. The Balaban J connectivity index is 1.77. The van der Waals surface area contributed by atoms with E-state index in [1.54, 1.807) is 16.8 Å². The van der Waals surface area contributed by atoms with Crippen molar-refractivity contribution in [2.45, 2.75) is 20.0 Å². The molecule has 2 aromatic heterocycles. The van der Waals surface area contributed by atoms with E-state index in [1.807, 2.05) is 25.1 Å². The van der Waals surface area contributed by atoms with Crippen molar-refractivity contribution in [3.8, 4) is 0 Å². The van der Waals surface area contributed by atoms with E-state index in [0.29, 0.717) is 16.2 Å². The topological polar surface area (TPSA) is 64.7 Å². The molecule has 2 heterocycles. The van der Waals surface area contributed by atoms with Crippen LogP contribution in [0.2, 0.25) is 5.02 Å². The predicted molar refractivity (Wildman–Crippen MR) is 89.0 cm³/mol. The van der Waals surface area contributed by atoms with Crippen LogP contribution in [0, 0.1) is 6.92 Å². The van der Waals surface area contributed by atoms with Crippen LogP contribution in [-0.4, -0.2) is 25.5 Å². The van der Waals surface area contributed by atoms with Gasteiger partial charge in [0, 0.05) is 23.0 Å². The van der Waals surface area contributed by atoms with E-state index in [4.69, 9.17) is 11.6 Å². The van der Waals surface area contributed by atoms with Gasteiger partial charge < -0.3 is 5.32 Å². The van der Waals surface area contributed by atoms with Gasteiger partial charge >= 0.3 is 6.55 Å². The van der Waals surface area contributed by atoms with Crippen LogP contribution in [0.15, 0.2) is 42.6 Å². The van der Waals surface area contributed by atoms with Gasteiger partial charge in [-0.3, -0.25) is 9.48 Å². The second kappa shape index (κ2) is 7.02. The van der Waals surface area contributed by atoms with Crippen molar-refractivity contribution >= 4 is 23.3 Å². The lowest BCUT2D eigenvalue weighted by Gasteiger charge is -2.07. The lowest BCUT2D eigenvalue weighted by Crippen LogP contribution is -2.18. The van der Waals surface area contributed by atoms with Gasteiger partial charge in [-0.2, -0.15) is 23.7 Å². The number of aromatic nitrogens is 4. The summed E-state index contributed by atoms with van der Waals surface area (Å²) < 4.78 is 27.6. The first-order valence-corrected chi connectivity index (χ1v) is 7.74. The fourth-order valence-corrected chi connectivity index (χ4v) is 2.54. The van der Waals surface area contributed by atoms with Gasteiger partial charge in [-0.25, -0.2) is 0 Å². The Labute approximate surface area is 147 Å².